The Morgan fingerprint density at radius 1 is 0.962 bits per heavy atom. The molecule has 1 saturated carbocycles. The maximum atomic E-state index is 14.4. The number of esters is 1. The first-order valence-electron chi connectivity index (χ1n) is 19.7. The Morgan fingerprint density at radius 3 is 2.26 bits per heavy atom. The zero-order chi connectivity index (χ0) is 39.5. The van der Waals surface area contributed by atoms with Crippen LogP contribution in [0, 0.1) is 47.3 Å². The summed E-state index contributed by atoms with van der Waals surface area (Å²) in [6, 6.07) is 9.96. The summed E-state index contributed by atoms with van der Waals surface area (Å²) in [6.45, 7) is 19.7. The van der Waals surface area contributed by atoms with Crippen LogP contribution in [0.2, 0.25) is 0 Å². The Balaban J connectivity index is 1.72. The van der Waals surface area contributed by atoms with Crippen molar-refractivity contribution in [1.29, 1.82) is 0 Å². The summed E-state index contributed by atoms with van der Waals surface area (Å²) in [5, 5.41) is 24.6. The second-order valence-corrected chi connectivity index (χ2v) is 17.1. The molecule has 1 aromatic carbocycles. The number of aromatic nitrogens is 1. The average molecular weight is 738 g/mol. The van der Waals surface area contributed by atoms with Gasteiger partial charge in [0.15, 0.2) is 0 Å². The lowest BCUT2D eigenvalue weighted by atomic mass is 9.59. The molecule has 1 unspecified atom stereocenters. The van der Waals surface area contributed by atoms with E-state index >= 15 is 0 Å². The van der Waals surface area contributed by atoms with Gasteiger partial charge in [0, 0.05) is 37.6 Å². The van der Waals surface area contributed by atoms with Crippen molar-refractivity contribution in [2.75, 3.05) is 20.8 Å². The van der Waals surface area contributed by atoms with E-state index in [2.05, 4.69) is 25.8 Å². The van der Waals surface area contributed by atoms with E-state index in [-0.39, 0.29) is 42.0 Å². The van der Waals surface area contributed by atoms with Gasteiger partial charge < -0.3 is 29.2 Å². The highest BCUT2D eigenvalue weighted by molar-refractivity contribution is 5.84. The van der Waals surface area contributed by atoms with Crippen LogP contribution in [0.1, 0.15) is 100 Å². The van der Waals surface area contributed by atoms with Crippen molar-refractivity contribution in [1.82, 2.24) is 4.98 Å². The van der Waals surface area contributed by atoms with Gasteiger partial charge in [-0.25, -0.2) is 0 Å². The summed E-state index contributed by atoms with van der Waals surface area (Å²) < 4.78 is 25.0. The molecule has 53 heavy (non-hydrogen) atoms. The molecule has 9 nitrogen and oxygen atoms in total. The number of fused-ring (bicyclic) bond motifs is 1. The Labute approximate surface area is 318 Å². The van der Waals surface area contributed by atoms with Gasteiger partial charge in [0.05, 0.1) is 41.5 Å². The third-order valence-electron chi connectivity index (χ3n) is 13.5. The van der Waals surface area contributed by atoms with E-state index in [1.165, 1.54) is 0 Å². The fourth-order valence-electron chi connectivity index (χ4n) is 9.92. The predicted molar refractivity (Wildman–Crippen MR) is 209 cm³/mol. The molecule has 4 rings (SSSR count). The highest BCUT2D eigenvalue weighted by atomic mass is 16.6. The Bertz CT molecular complexity index is 1580. The number of aliphatic hydroxyl groups is 2. The van der Waals surface area contributed by atoms with Crippen LogP contribution in [0.15, 0.2) is 42.6 Å². The number of carbonyl (C=O) groups is 2. The van der Waals surface area contributed by atoms with Gasteiger partial charge in [-0.05, 0) is 93.7 Å². The first kappa shape index (κ1) is 43.0. The topological polar surface area (TPSA) is 124 Å². The third-order valence-corrected chi connectivity index (χ3v) is 13.5. The van der Waals surface area contributed by atoms with Gasteiger partial charge in [-0.1, -0.05) is 78.8 Å². The molecule has 0 spiro atoms. The quantitative estimate of drug-likeness (QED) is 0.263. The third kappa shape index (κ3) is 9.07. The second kappa shape index (κ2) is 17.4. The van der Waals surface area contributed by atoms with E-state index in [4.69, 9.17) is 18.9 Å². The first-order chi connectivity index (χ1) is 24.8. The Hall–Kier alpha value is -2.69. The lowest BCUT2D eigenvalue weighted by Gasteiger charge is -2.51. The van der Waals surface area contributed by atoms with E-state index < -0.39 is 58.8 Å². The number of carbonyl (C=O) groups excluding carboxylic acids is 2. The number of hydrogen-bond donors (Lipinski definition) is 2. The van der Waals surface area contributed by atoms with E-state index in [1.54, 1.807) is 34.3 Å². The second-order valence-electron chi connectivity index (χ2n) is 17.1. The molecule has 2 N–H and O–H groups in total. The van der Waals surface area contributed by atoms with Crippen molar-refractivity contribution in [2.45, 2.75) is 130 Å². The zero-order valence-corrected chi connectivity index (χ0v) is 34.3. The van der Waals surface area contributed by atoms with E-state index in [0.29, 0.717) is 19.3 Å². The maximum Gasteiger partial charge on any atom is 0.309 e. The molecule has 2 aromatic rings. The molecule has 9 heteroatoms. The SMILES string of the molecule is CC[C@H]1OC(=O)[C@H](C)[C@@H](C2C[C@@H](C)[C@H](O)[C@](C)(OC)C2)[C@H](C)[C@@H](C)[C@](C)(OC)C[C@@H](C)C(=O)[C@H](C)[C@@H](OC/C=C/c2cnc3ccccc3c2)[C@]1(C)O. The summed E-state index contributed by atoms with van der Waals surface area (Å²) >= 11 is 0. The molecule has 0 amide bonds. The number of pyridine rings is 1. The smallest absolute Gasteiger partial charge is 0.309 e. The van der Waals surface area contributed by atoms with Crippen molar-refractivity contribution < 1.29 is 38.7 Å². The van der Waals surface area contributed by atoms with Gasteiger partial charge in [-0.2, -0.15) is 0 Å². The number of ketones is 1. The summed E-state index contributed by atoms with van der Waals surface area (Å²) in [7, 11) is 3.33. The number of nitrogens with zero attached hydrogens (tertiary/aromatic N) is 1. The fraction of sp³-hybridized carbons (Fsp3) is 0.705. The van der Waals surface area contributed by atoms with Crippen LogP contribution in [-0.2, 0) is 28.5 Å². The monoisotopic (exact) mass is 737 g/mol. The largest absolute Gasteiger partial charge is 0.459 e. The Kier molecular flexibility index (Phi) is 14.1. The summed E-state index contributed by atoms with van der Waals surface area (Å²) in [4.78, 5) is 33.3. The van der Waals surface area contributed by atoms with Crippen molar-refractivity contribution >= 4 is 28.7 Å². The summed E-state index contributed by atoms with van der Waals surface area (Å²) in [5.41, 5.74) is -1.35. The number of ether oxygens (including phenoxy) is 4. The molecule has 2 aliphatic rings. The molecular weight excluding hydrogens is 670 g/mol. The van der Waals surface area contributed by atoms with Gasteiger partial charge in [0.1, 0.15) is 17.5 Å². The minimum Gasteiger partial charge on any atom is -0.459 e. The first-order valence-corrected chi connectivity index (χ1v) is 19.7. The summed E-state index contributed by atoms with van der Waals surface area (Å²) in [5.74, 6) is -2.35. The van der Waals surface area contributed by atoms with Crippen LogP contribution < -0.4 is 0 Å². The van der Waals surface area contributed by atoms with Gasteiger partial charge in [0.2, 0.25) is 0 Å². The Morgan fingerprint density at radius 2 is 1.62 bits per heavy atom. The number of methoxy groups -OCH3 is 2. The highest BCUT2D eigenvalue weighted by Gasteiger charge is 2.53. The molecule has 14 atom stereocenters. The van der Waals surface area contributed by atoms with Gasteiger partial charge in [0.25, 0.3) is 0 Å². The van der Waals surface area contributed by atoms with Crippen LogP contribution >= 0.6 is 0 Å². The molecule has 296 valence electrons. The van der Waals surface area contributed by atoms with Crippen LogP contribution in [-0.4, -0.2) is 82.9 Å². The molecule has 2 heterocycles. The highest BCUT2D eigenvalue weighted by Crippen LogP contribution is 2.50. The number of rotatable bonds is 8. The average Bonchev–Trinajstić information content (AvgIpc) is 3.14. The number of benzene rings is 1. The van der Waals surface area contributed by atoms with Gasteiger partial charge in [-0.15, -0.1) is 0 Å². The van der Waals surface area contributed by atoms with E-state index in [0.717, 1.165) is 22.9 Å². The van der Waals surface area contributed by atoms with Gasteiger partial charge in [-0.3, -0.25) is 14.6 Å². The van der Waals surface area contributed by atoms with Crippen molar-refractivity contribution in [3.8, 4) is 0 Å². The minimum atomic E-state index is -1.70. The zero-order valence-electron chi connectivity index (χ0n) is 34.3. The predicted octanol–water partition coefficient (Wildman–Crippen LogP) is 7.69. The van der Waals surface area contributed by atoms with E-state index in [1.807, 2.05) is 77.1 Å². The molecular formula is C44H67NO8. The molecule has 1 aliphatic heterocycles. The van der Waals surface area contributed by atoms with Crippen LogP contribution in [0.4, 0.5) is 0 Å². The number of para-hydroxylation sites is 1. The standard InChI is InChI=1S/C44H67NO8/c1-13-36-44(10,49)40(52-20-16-17-32-22-33-18-14-15-19-35(33)45-25-32)30(6)38(46)27(3)23-42(8,50-11)31(7)28(4)37(29(5)41(48)53-36)34-21-26(2)39(47)43(9,24-34)51-12/h14-19,22,25-31,34,36-37,39-40,47,49H,13,20-21,23-24H2,1-12H3/b17-16+/t26-,27-,28-,29-,30+,31-,34?,36-,37+,39+,40-,42-,43-,44-/m1/s1. The van der Waals surface area contributed by atoms with Crippen molar-refractivity contribution in [3.63, 3.8) is 0 Å². The lowest BCUT2D eigenvalue weighted by Crippen LogP contribution is -2.58. The molecule has 1 saturated heterocycles. The normalized spacial score (nSPS) is 41.0. The molecule has 0 radical (unpaired) electrons. The van der Waals surface area contributed by atoms with Gasteiger partial charge >= 0.3 is 5.97 Å². The number of cyclic esters (lactones) is 1. The number of aliphatic hydroxyl groups excluding tert-OH is 1. The van der Waals surface area contributed by atoms with Crippen molar-refractivity contribution in [3.05, 3.63) is 48.2 Å². The van der Waals surface area contributed by atoms with Crippen LogP contribution in [0.3, 0.4) is 0 Å². The lowest BCUT2D eigenvalue weighted by molar-refractivity contribution is -0.202. The molecule has 1 aliphatic carbocycles. The molecule has 1 aromatic heterocycles. The number of Topliss-reactive ketones (excluding diaryl/α,β-unsaturated/α-hetero) is 1. The van der Waals surface area contributed by atoms with Crippen LogP contribution in [0.5, 0.6) is 0 Å². The molecule has 2 fully saturated rings. The minimum absolute atomic E-state index is 0.0278. The fourth-order valence-corrected chi connectivity index (χ4v) is 9.92. The summed E-state index contributed by atoms with van der Waals surface area (Å²) in [6.07, 6.45) is 5.12. The van der Waals surface area contributed by atoms with E-state index in [9.17, 15) is 19.8 Å². The molecule has 0 bridgehead atoms. The van der Waals surface area contributed by atoms with Crippen LogP contribution in [0.25, 0.3) is 17.0 Å². The number of hydrogen-bond acceptors (Lipinski definition) is 9. The maximum absolute atomic E-state index is 14.4. The van der Waals surface area contributed by atoms with Crippen molar-refractivity contribution in [2.24, 2.45) is 47.3 Å².